The minimum Gasteiger partial charge on any atom is -0.480 e. The first-order chi connectivity index (χ1) is 19.7. The summed E-state index contributed by atoms with van der Waals surface area (Å²) in [6, 6.07) is 0.846. The molecule has 0 aromatic heterocycles. The first kappa shape index (κ1) is 33.1. The Morgan fingerprint density at radius 1 is 1.21 bits per heavy atom. The third-order valence-corrected chi connectivity index (χ3v) is 7.29. The molecule has 3 fully saturated rings. The predicted octanol–water partition coefficient (Wildman–Crippen LogP) is 2.67. The Morgan fingerprint density at radius 2 is 1.88 bits per heavy atom. The molecular formula is C27H35ClF2N4O8. The number of nitrogens with one attached hydrogen (secondary N) is 2. The van der Waals surface area contributed by atoms with Crippen molar-refractivity contribution >= 4 is 46.9 Å². The summed E-state index contributed by atoms with van der Waals surface area (Å²) in [5, 5.41) is 14.0. The van der Waals surface area contributed by atoms with E-state index in [1.54, 1.807) is 0 Å². The molecule has 4 unspecified atom stereocenters. The summed E-state index contributed by atoms with van der Waals surface area (Å²) in [5.41, 5.74) is 6.08. The van der Waals surface area contributed by atoms with Gasteiger partial charge in [0.2, 0.25) is 18.1 Å². The van der Waals surface area contributed by atoms with Gasteiger partial charge in [-0.25, -0.2) is 13.6 Å². The maximum atomic E-state index is 13.5. The second-order valence-corrected chi connectivity index (χ2v) is 11.0. The average Bonchev–Trinajstić information content (AvgIpc) is 3.41. The molecule has 4 rings (SSSR count). The van der Waals surface area contributed by atoms with Gasteiger partial charge in [0, 0.05) is 18.9 Å². The number of nitrogens with two attached hydrogens (primary N) is 1. The molecule has 42 heavy (non-hydrogen) atoms. The summed E-state index contributed by atoms with van der Waals surface area (Å²) in [6.07, 6.45) is 4.90. The number of aliphatic carboxylic acids is 1. The van der Waals surface area contributed by atoms with E-state index in [4.69, 9.17) is 31.9 Å². The monoisotopic (exact) mass is 616 g/mol. The lowest BCUT2D eigenvalue weighted by atomic mass is 9.98. The van der Waals surface area contributed by atoms with Crippen molar-refractivity contribution < 1.29 is 47.3 Å². The maximum Gasteiger partial charge on any atom is 0.326 e. The van der Waals surface area contributed by atoms with E-state index >= 15 is 0 Å². The molecule has 3 aliphatic rings. The van der Waals surface area contributed by atoms with Crippen molar-refractivity contribution in [3.8, 4) is 0 Å². The highest BCUT2D eigenvalue weighted by molar-refractivity contribution is 6.34. The van der Waals surface area contributed by atoms with Gasteiger partial charge in [0.15, 0.2) is 0 Å². The second-order valence-electron chi connectivity index (χ2n) is 10.6. The van der Waals surface area contributed by atoms with Crippen molar-refractivity contribution in [2.75, 3.05) is 11.9 Å². The summed E-state index contributed by atoms with van der Waals surface area (Å²) in [5.74, 6) is -7.08. The number of nitrogens with zero attached hydrogens (tertiary/aromatic N) is 1. The zero-order valence-electron chi connectivity index (χ0n) is 23.2. The molecular weight excluding hydrogens is 582 g/mol. The molecule has 1 aromatic rings. The van der Waals surface area contributed by atoms with Crippen LogP contribution in [0.25, 0.3) is 0 Å². The van der Waals surface area contributed by atoms with E-state index in [-0.39, 0.29) is 41.0 Å². The van der Waals surface area contributed by atoms with Crippen molar-refractivity contribution in [1.29, 1.82) is 0 Å². The van der Waals surface area contributed by atoms with E-state index in [0.29, 0.717) is 10.6 Å². The topological polar surface area (TPSA) is 177 Å². The Hall–Kier alpha value is -3.36. The summed E-state index contributed by atoms with van der Waals surface area (Å²) < 4.78 is 37.7. The maximum absolute atomic E-state index is 13.5. The molecule has 12 nitrogen and oxygen atoms in total. The van der Waals surface area contributed by atoms with Gasteiger partial charge in [-0.3, -0.25) is 19.2 Å². The van der Waals surface area contributed by atoms with Crippen molar-refractivity contribution in [2.45, 2.75) is 95.2 Å². The predicted molar refractivity (Wildman–Crippen MR) is 146 cm³/mol. The molecule has 0 bridgehead atoms. The van der Waals surface area contributed by atoms with Crippen LogP contribution >= 0.6 is 11.6 Å². The van der Waals surface area contributed by atoms with Gasteiger partial charge in [0.25, 0.3) is 11.8 Å². The fourth-order valence-electron chi connectivity index (χ4n) is 4.88. The highest BCUT2D eigenvalue weighted by Crippen LogP contribution is 2.32. The number of esters is 1. The van der Waals surface area contributed by atoms with E-state index in [9.17, 15) is 32.8 Å². The van der Waals surface area contributed by atoms with E-state index in [0.717, 1.165) is 12.8 Å². The van der Waals surface area contributed by atoms with E-state index in [2.05, 4.69) is 10.6 Å². The van der Waals surface area contributed by atoms with Crippen LogP contribution in [0.4, 0.5) is 14.5 Å². The quantitative estimate of drug-likeness (QED) is 0.335. The second kappa shape index (κ2) is 14.2. The molecule has 1 aliphatic carbocycles. The van der Waals surface area contributed by atoms with Crippen LogP contribution in [0.1, 0.15) is 69.2 Å². The molecule has 232 valence electrons. The van der Waals surface area contributed by atoms with Gasteiger partial charge < -0.3 is 35.8 Å². The van der Waals surface area contributed by atoms with Gasteiger partial charge in [-0.1, -0.05) is 30.9 Å². The highest BCUT2D eigenvalue weighted by atomic mass is 35.5. The lowest BCUT2D eigenvalue weighted by molar-refractivity contribution is -0.177. The molecule has 15 heteroatoms. The van der Waals surface area contributed by atoms with Gasteiger partial charge in [-0.2, -0.15) is 0 Å². The normalized spacial score (nSPS) is 24.2. The molecule has 2 saturated heterocycles. The smallest absolute Gasteiger partial charge is 0.326 e. The van der Waals surface area contributed by atoms with Gasteiger partial charge in [-0.15, -0.1) is 0 Å². The zero-order valence-corrected chi connectivity index (χ0v) is 24.0. The number of rotatable bonds is 7. The fraction of sp³-hybridized carbons (Fsp3) is 0.593. The number of carbonyl (C=O) groups is 5. The summed E-state index contributed by atoms with van der Waals surface area (Å²) >= 11 is 5.99. The third kappa shape index (κ3) is 9.07. The Kier molecular flexibility index (Phi) is 11.2. The van der Waals surface area contributed by atoms with E-state index < -0.39 is 55.0 Å². The molecule has 2 aliphatic heterocycles. The van der Waals surface area contributed by atoms with Crippen LogP contribution in [0.3, 0.4) is 0 Å². The molecule has 0 spiro atoms. The fourth-order valence-corrected chi connectivity index (χ4v) is 5.11. The summed E-state index contributed by atoms with van der Waals surface area (Å²) in [4.78, 5) is 58.4. The molecule has 0 radical (unpaired) electrons. The highest BCUT2D eigenvalue weighted by Gasteiger charge is 2.50. The Labute approximate surface area is 246 Å². The van der Waals surface area contributed by atoms with Gasteiger partial charge in [0.1, 0.15) is 12.1 Å². The van der Waals surface area contributed by atoms with Gasteiger partial charge >= 0.3 is 11.9 Å². The number of alkyl halides is 2. The average molecular weight is 617 g/mol. The van der Waals surface area contributed by atoms with Crippen LogP contribution in [0.2, 0.25) is 5.02 Å². The Morgan fingerprint density at radius 3 is 2.43 bits per heavy atom. The van der Waals surface area contributed by atoms with Crippen LogP contribution in [0.5, 0.6) is 0 Å². The number of anilines is 1. The summed E-state index contributed by atoms with van der Waals surface area (Å²) in [7, 11) is 0. The van der Waals surface area contributed by atoms with Crippen LogP contribution in [0, 0.1) is 0 Å². The first-order valence-corrected chi connectivity index (χ1v) is 13.9. The largest absolute Gasteiger partial charge is 0.480 e. The Bertz CT molecular complexity index is 1200. The zero-order chi connectivity index (χ0) is 31.2. The van der Waals surface area contributed by atoms with Crippen LogP contribution < -0.4 is 16.4 Å². The summed E-state index contributed by atoms with van der Waals surface area (Å²) in [6.45, 7) is 1.53. The number of carbonyl (C=O) groups excluding carboxylic acids is 4. The van der Waals surface area contributed by atoms with Crippen molar-refractivity contribution in [3.63, 3.8) is 0 Å². The lowest BCUT2D eigenvalue weighted by Crippen LogP contribution is -2.50. The minimum absolute atomic E-state index is 0.0697. The van der Waals surface area contributed by atoms with Crippen LogP contribution in [0.15, 0.2) is 18.2 Å². The first-order valence-electron chi connectivity index (χ1n) is 13.6. The SMILES string of the molecule is CC(=O)Nc1ccc(C(=O)NC(C)C(=O)N2CC(F)(F)CC2C(=O)O)cc1Cl.NC1CC(=O)OC1OC1CCCCC1. The Balaban J connectivity index is 0.000000287. The molecule has 4 atom stereocenters. The number of halogens is 3. The molecule has 1 aromatic carbocycles. The number of carboxylic acids is 1. The number of amides is 3. The van der Waals surface area contributed by atoms with Gasteiger partial charge in [0.05, 0.1) is 35.8 Å². The van der Waals surface area contributed by atoms with Crippen LogP contribution in [-0.2, 0) is 28.7 Å². The number of hydrogen-bond acceptors (Lipinski definition) is 8. The van der Waals surface area contributed by atoms with Crippen LogP contribution in [-0.4, -0.2) is 82.7 Å². The number of cyclic esters (lactones) is 1. The molecule has 2 heterocycles. The number of hydrogen-bond donors (Lipinski definition) is 4. The van der Waals surface area contributed by atoms with E-state index in [1.165, 1.54) is 51.3 Å². The van der Waals surface area contributed by atoms with Gasteiger partial charge in [-0.05, 0) is 38.0 Å². The lowest BCUT2D eigenvalue weighted by Gasteiger charge is -2.26. The number of likely N-dealkylation sites (tertiary alicyclic amines) is 1. The van der Waals surface area contributed by atoms with Crippen molar-refractivity contribution in [2.24, 2.45) is 5.73 Å². The number of ether oxygens (including phenoxy) is 2. The standard InChI is InChI=1S/C17H18ClF2N3O5.C10H17NO3/c1-8(15(26)23-7-17(19,20)6-13(23)16(27)28)21-14(25)10-3-4-12(11(18)5-10)22-9(2)24;11-8-6-9(12)14-10(8)13-7-4-2-1-3-5-7/h3-5,8,13H,6-7H2,1-2H3,(H,21,25)(H,22,24)(H,27,28);7-8,10H,1-6,11H2. The number of benzene rings is 1. The van der Waals surface area contributed by atoms with E-state index in [1.807, 2.05) is 0 Å². The van der Waals surface area contributed by atoms with Crippen molar-refractivity contribution in [1.82, 2.24) is 10.2 Å². The van der Waals surface area contributed by atoms with Crippen molar-refractivity contribution in [3.05, 3.63) is 28.8 Å². The molecule has 5 N–H and O–H groups in total. The third-order valence-electron chi connectivity index (χ3n) is 6.98. The number of carboxylic acid groups (broad SMARTS) is 1. The molecule has 3 amide bonds. The molecule has 1 saturated carbocycles. The minimum atomic E-state index is -3.31.